The summed E-state index contributed by atoms with van der Waals surface area (Å²) in [4.78, 5) is 14.9. The van der Waals surface area contributed by atoms with Crippen molar-refractivity contribution in [2.45, 2.75) is 38.1 Å². The molecule has 0 radical (unpaired) electrons. The van der Waals surface area contributed by atoms with Gasteiger partial charge in [0, 0.05) is 12.6 Å². The third kappa shape index (κ3) is 3.19. The fourth-order valence-electron chi connectivity index (χ4n) is 3.50. The van der Waals surface area contributed by atoms with E-state index in [1.165, 1.54) is 0 Å². The van der Waals surface area contributed by atoms with Crippen LogP contribution in [0.4, 0.5) is 0 Å². The van der Waals surface area contributed by atoms with E-state index >= 15 is 0 Å². The summed E-state index contributed by atoms with van der Waals surface area (Å²) < 4.78 is 23.5. The first-order valence-electron chi connectivity index (χ1n) is 8.07. The lowest BCUT2D eigenvalue weighted by Crippen LogP contribution is -2.44. The second-order valence-electron chi connectivity index (χ2n) is 6.41. The molecule has 1 heterocycles. The van der Waals surface area contributed by atoms with Crippen LogP contribution in [0.15, 0.2) is 30.3 Å². The Bertz CT molecular complexity index is 637. The molecule has 1 aliphatic heterocycles. The Morgan fingerprint density at radius 2 is 1.91 bits per heavy atom. The van der Waals surface area contributed by atoms with Crippen LogP contribution in [-0.4, -0.2) is 43.3 Å². The van der Waals surface area contributed by atoms with Crippen LogP contribution >= 0.6 is 0 Å². The number of carbonyl (C=O) groups excluding carboxylic acids is 1. The summed E-state index contributed by atoms with van der Waals surface area (Å²) in [6, 6.07) is 9.77. The number of hydrogen-bond donors (Lipinski definition) is 0. The fraction of sp³-hybridized carbons (Fsp3) is 0.588. The lowest BCUT2D eigenvalue weighted by Gasteiger charge is -2.31. The molecule has 1 saturated carbocycles. The van der Waals surface area contributed by atoms with E-state index in [9.17, 15) is 13.2 Å². The molecule has 1 aromatic rings. The minimum atomic E-state index is -2.97. The molecule has 2 aliphatic rings. The molecule has 1 aromatic carbocycles. The highest BCUT2D eigenvalue weighted by molar-refractivity contribution is 7.91. The van der Waals surface area contributed by atoms with E-state index in [0.29, 0.717) is 18.9 Å². The standard InChI is InChI=1S/C17H23NO3S/c1-2-18(15-10-11-22(20,21)12-15)17(19)16(14-8-9-14)13-6-4-3-5-7-13/h3-7,14-16H,2,8-12H2,1H3. The van der Waals surface area contributed by atoms with Gasteiger partial charge in [-0.15, -0.1) is 0 Å². The minimum Gasteiger partial charge on any atom is -0.338 e. The monoisotopic (exact) mass is 321 g/mol. The fourth-order valence-corrected chi connectivity index (χ4v) is 5.23. The van der Waals surface area contributed by atoms with E-state index in [1.807, 2.05) is 37.3 Å². The van der Waals surface area contributed by atoms with Gasteiger partial charge in [-0.05, 0) is 37.7 Å². The van der Waals surface area contributed by atoms with Gasteiger partial charge >= 0.3 is 0 Å². The van der Waals surface area contributed by atoms with E-state index in [1.54, 1.807) is 4.90 Å². The molecule has 1 amide bonds. The van der Waals surface area contributed by atoms with Crippen LogP contribution in [0.1, 0.15) is 37.7 Å². The van der Waals surface area contributed by atoms with Crippen molar-refractivity contribution in [2.24, 2.45) is 5.92 Å². The number of likely N-dealkylation sites (N-methyl/N-ethyl adjacent to an activating group) is 1. The summed E-state index contributed by atoms with van der Waals surface area (Å²) in [5, 5.41) is 0. The Kier molecular flexibility index (Phi) is 4.26. The van der Waals surface area contributed by atoms with Crippen molar-refractivity contribution < 1.29 is 13.2 Å². The highest BCUT2D eigenvalue weighted by Crippen LogP contribution is 2.44. The maximum Gasteiger partial charge on any atom is 0.230 e. The summed E-state index contributed by atoms with van der Waals surface area (Å²) in [7, 11) is -2.97. The van der Waals surface area contributed by atoms with Gasteiger partial charge in [0.2, 0.25) is 5.91 Å². The first kappa shape index (κ1) is 15.5. The number of sulfone groups is 1. The first-order valence-corrected chi connectivity index (χ1v) is 9.90. The highest BCUT2D eigenvalue weighted by atomic mass is 32.2. The van der Waals surface area contributed by atoms with Crippen molar-refractivity contribution in [2.75, 3.05) is 18.1 Å². The molecule has 0 bridgehead atoms. The summed E-state index contributed by atoms with van der Waals surface area (Å²) in [5.74, 6) is 0.754. The predicted octanol–water partition coefficient (Wildman–Crippen LogP) is 2.22. The van der Waals surface area contributed by atoms with Crippen LogP contribution in [0.3, 0.4) is 0 Å². The normalized spacial score (nSPS) is 24.9. The predicted molar refractivity (Wildman–Crippen MR) is 86.4 cm³/mol. The lowest BCUT2D eigenvalue weighted by atomic mass is 9.92. The van der Waals surface area contributed by atoms with Crippen LogP contribution in [0.2, 0.25) is 0 Å². The van der Waals surface area contributed by atoms with Crippen LogP contribution in [0.5, 0.6) is 0 Å². The second kappa shape index (κ2) is 6.03. The van der Waals surface area contributed by atoms with Gasteiger partial charge in [-0.2, -0.15) is 0 Å². The number of benzene rings is 1. The van der Waals surface area contributed by atoms with Crippen molar-refractivity contribution in [3.05, 3.63) is 35.9 Å². The molecular formula is C17H23NO3S. The van der Waals surface area contributed by atoms with Crippen LogP contribution < -0.4 is 0 Å². The van der Waals surface area contributed by atoms with Gasteiger partial charge in [0.1, 0.15) is 0 Å². The number of rotatable bonds is 5. The number of hydrogen-bond acceptors (Lipinski definition) is 3. The van der Waals surface area contributed by atoms with Gasteiger partial charge < -0.3 is 4.90 Å². The van der Waals surface area contributed by atoms with E-state index in [0.717, 1.165) is 18.4 Å². The quantitative estimate of drug-likeness (QED) is 0.835. The molecule has 0 aromatic heterocycles. The molecule has 0 N–H and O–H groups in total. The third-order valence-electron chi connectivity index (χ3n) is 4.79. The number of nitrogens with zero attached hydrogens (tertiary/aromatic N) is 1. The maximum absolute atomic E-state index is 13.1. The zero-order valence-corrected chi connectivity index (χ0v) is 13.8. The van der Waals surface area contributed by atoms with Gasteiger partial charge in [0.05, 0.1) is 17.4 Å². The average molecular weight is 321 g/mol. The zero-order chi connectivity index (χ0) is 15.7. The number of carbonyl (C=O) groups is 1. The Labute approximate surface area is 132 Å². The van der Waals surface area contributed by atoms with Gasteiger partial charge in [0.15, 0.2) is 9.84 Å². The molecule has 120 valence electrons. The molecule has 1 saturated heterocycles. The lowest BCUT2D eigenvalue weighted by molar-refractivity contribution is -0.135. The van der Waals surface area contributed by atoms with E-state index in [4.69, 9.17) is 0 Å². The van der Waals surface area contributed by atoms with Crippen molar-refractivity contribution >= 4 is 15.7 Å². The molecular weight excluding hydrogens is 298 g/mol. The average Bonchev–Trinajstić information content (AvgIpc) is 3.25. The van der Waals surface area contributed by atoms with Crippen LogP contribution in [-0.2, 0) is 14.6 Å². The van der Waals surface area contributed by atoms with E-state index < -0.39 is 9.84 Å². The largest absolute Gasteiger partial charge is 0.338 e. The Morgan fingerprint density at radius 1 is 1.23 bits per heavy atom. The van der Waals surface area contributed by atoms with Gasteiger partial charge in [0.25, 0.3) is 0 Å². The van der Waals surface area contributed by atoms with E-state index in [-0.39, 0.29) is 29.4 Å². The molecule has 2 atom stereocenters. The van der Waals surface area contributed by atoms with Gasteiger partial charge in [-0.25, -0.2) is 8.42 Å². The topological polar surface area (TPSA) is 54.5 Å². The summed E-state index contributed by atoms with van der Waals surface area (Å²) in [6.45, 7) is 2.52. The van der Waals surface area contributed by atoms with Gasteiger partial charge in [-0.1, -0.05) is 30.3 Å². The first-order chi connectivity index (χ1) is 10.5. The number of amides is 1. The zero-order valence-electron chi connectivity index (χ0n) is 12.9. The van der Waals surface area contributed by atoms with Crippen LogP contribution in [0.25, 0.3) is 0 Å². The maximum atomic E-state index is 13.1. The molecule has 4 nitrogen and oxygen atoms in total. The Balaban J connectivity index is 1.83. The molecule has 0 spiro atoms. The second-order valence-corrected chi connectivity index (χ2v) is 8.64. The molecule has 5 heteroatoms. The van der Waals surface area contributed by atoms with Crippen LogP contribution in [0, 0.1) is 5.92 Å². The van der Waals surface area contributed by atoms with Crippen molar-refractivity contribution in [3.63, 3.8) is 0 Å². The van der Waals surface area contributed by atoms with E-state index in [2.05, 4.69) is 0 Å². The molecule has 2 unspecified atom stereocenters. The molecule has 1 aliphatic carbocycles. The molecule has 3 rings (SSSR count). The SMILES string of the molecule is CCN(C(=O)C(c1ccccc1)C1CC1)C1CCS(=O)(=O)C1. The van der Waals surface area contributed by atoms with Crippen molar-refractivity contribution in [1.29, 1.82) is 0 Å². The summed E-state index contributed by atoms with van der Waals surface area (Å²) >= 11 is 0. The smallest absolute Gasteiger partial charge is 0.230 e. The highest BCUT2D eigenvalue weighted by Gasteiger charge is 2.42. The molecule has 22 heavy (non-hydrogen) atoms. The van der Waals surface area contributed by atoms with Crippen molar-refractivity contribution in [3.8, 4) is 0 Å². The Hall–Kier alpha value is -1.36. The third-order valence-corrected chi connectivity index (χ3v) is 6.54. The molecule has 2 fully saturated rings. The van der Waals surface area contributed by atoms with Gasteiger partial charge in [-0.3, -0.25) is 4.79 Å². The summed E-state index contributed by atoms with van der Waals surface area (Å²) in [6.07, 6.45) is 2.76. The van der Waals surface area contributed by atoms with Crippen molar-refractivity contribution in [1.82, 2.24) is 4.90 Å². The minimum absolute atomic E-state index is 0.107. The summed E-state index contributed by atoms with van der Waals surface area (Å²) in [5.41, 5.74) is 1.06. The Morgan fingerprint density at radius 3 is 2.41 bits per heavy atom.